The van der Waals surface area contributed by atoms with E-state index >= 15 is 0 Å². The van der Waals surface area contributed by atoms with Crippen LogP contribution in [0, 0.1) is 0 Å². The van der Waals surface area contributed by atoms with Crippen LogP contribution in [0.4, 0.5) is 0 Å². The summed E-state index contributed by atoms with van der Waals surface area (Å²) in [5.74, 6) is -0.583. The largest absolute Gasteiger partial charge is 0.464 e. The zero-order valence-electron chi connectivity index (χ0n) is 8.94. The van der Waals surface area contributed by atoms with Crippen LogP contribution in [-0.2, 0) is 20.3 Å². The Bertz CT molecular complexity index is 492. The number of hydrogen-bond acceptors (Lipinski definition) is 4. The molecular formula is C9H12ClNO4S. The molecule has 0 radical (unpaired) electrons. The zero-order chi connectivity index (χ0) is 12.3. The van der Waals surface area contributed by atoms with E-state index in [4.69, 9.17) is 10.7 Å². The number of halogens is 1. The topological polar surface area (TPSA) is 65.4 Å². The Balaban J connectivity index is 3.25. The molecule has 0 aliphatic rings. The second kappa shape index (κ2) is 4.88. The highest BCUT2D eigenvalue weighted by atomic mass is 35.7. The van der Waals surface area contributed by atoms with Crippen LogP contribution in [0.1, 0.15) is 23.8 Å². The third kappa shape index (κ3) is 2.76. The van der Waals surface area contributed by atoms with Crippen molar-refractivity contribution in [1.29, 1.82) is 0 Å². The van der Waals surface area contributed by atoms with Crippen LogP contribution in [-0.4, -0.2) is 26.1 Å². The predicted molar refractivity (Wildman–Crippen MR) is 59.1 cm³/mol. The van der Waals surface area contributed by atoms with Gasteiger partial charge in [-0.2, -0.15) is 0 Å². The molecular weight excluding hydrogens is 254 g/mol. The van der Waals surface area contributed by atoms with Crippen molar-refractivity contribution in [3.63, 3.8) is 0 Å². The standard InChI is InChI=1S/C9H12ClNO4S/c1-3-4-11-6-7(16(10,13)14)5-8(11)9(12)15-2/h5-6H,3-4H2,1-2H3. The Labute approximate surface area is 98.4 Å². The first-order chi connectivity index (χ1) is 7.40. The van der Waals surface area contributed by atoms with Crippen molar-refractivity contribution in [2.24, 2.45) is 0 Å². The van der Waals surface area contributed by atoms with E-state index in [0.717, 1.165) is 6.42 Å². The number of rotatable bonds is 4. The van der Waals surface area contributed by atoms with Gasteiger partial charge in [-0.05, 0) is 12.5 Å². The molecule has 0 aliphatic carbocycles. The third-order valence-electron chi connectivity index (χ3n) is 2.01. The van der Waals surface area contributed by atoms with E-state index in [1.54, 1.807) is 0 Å². The molecule has 1 aromatic heterocycles. The quantitative estimate of drug-likeness (QED) is 0.613. The summed E-state index contributed by atoms with van der Waals surface area (Å²) in [4.78, 5) is 11.3. The fourth-order valence-electron chi connectivity index (χ4n) is 1.32. The number of aromatic nitrogens is 1. The van der Waals surface area contributed by atoms with Gasteiger partial charge < -0.3 is 9.30 Å². The molecule has 0 amide bonds. The molecule has 0 bridgehead atoms. The number of nitrogens with zero attached hydrogens (tertiary/aromatic N) is 1. The minimum atomic E-state index is -3.82. The molecule has 5 nitrogen and oxygen atoms in total. The molecule has 16 heavy (non-hydrogen) atoms. The zero-order valence-corrected chi connectivity index (χ0v) is 10.5. The smallest absolute Gasteiger partial charge is 0.354 e. The molecule has 0 unspecified atom stereocenters. The van der Waals surface area contributed by atoms with Gasteiger partial charge in [0.05, 0.1) is 7.11 Å². The highest BCUT2D eigenvalue weighted by Crippen LogP contribution is 2.19. The molecule has 0 saturated heterocycles. The van der Waals surface area contributed by atoms with Crippen molar-refractivity contribution >= 4 is 25.7 Å². The van der Waals surface area contributed by atoms with Gasteiger partial charge in [0.2, 0.25) is 0 Å². The normalized spacial score (nSPS) is 11.4. The summed E-state index contributed by atoms with van der Waals surface area (Å²) in [7, 11) is 2.61. The fourth-order valence-corrected chi connectivity index (χ4v) is 2.08. The van der Waals surface area contributed by atoms with Crippen LogP contribution in [0.5, 0.6) is 0 Å². The van der Waals surface area contributed by atoms with Crippen LogP contribution >= 0.6 is 10.7 Å². The lowest BCUT2D eigenvalue weighted by molar-refractivity contribution is 0.0588. The number of methoxy groups -OCH3 is 1. The molecule has 0 spiro atoms. The van der Waals surface area contributed by atoms with E-state index in [1.807, 2.05) is 6.92 Å². The van der Waals surface area contributed by atoms with Crippen molar-refractivity contribution in [3.8, 4) is 0 Å². The second-order valence-electron chi connectivity index (χ2n) is 3.18. The highest BCUT2D eigenvalue weighted by molar-refractivity contribution is 8.13. The lowest BCUT2D eigenvalue weighted by atomic mass is 10.4. The van der Waals surface area contributed by atoms with E-state index in [2.05, 4.69) is 4.74 Å². The van der Waals surface area contributed by atoms with Crippen LogP contribution in [0.2, 0.25) is 0 Å². The van der Waals surface area contributed by atoms with Crippen molar-refractivity contribution in [2.45, 2.75) is 24.8 Å². The highest BCUT2D eigenvalue weighted by Gasteiger charge is 2.19. The summed E-state index contributed by atoms with van der Waals surface area (Å²) >= 11 is 0. The van der Waals surface area contributed by atoms with Crippen molar-refractivity contribution in [1.82, 2.24) is 4.57 Å². The summed E-state index contributed by atoms with van der Waals surface area (Å²) in [6.45, 7) is 2.44. The van der Waals surface area contributed by atoms with Crippen LogP contribution in [0.3, 0.4) is 0 Å². The number of esters is 1. The maximum Gasteiger partial charge on any atom is 0.354 e. The van der Waals surface area contributed by atoms with Gasteiger partial charge >= 0.3 is 5.97 Å². The van der Waals surface area contributed by atoms with Crippen molar-refractivity contribution < 1.29 is 17.9 Å². The van der Waals surface area contributed by atoms with E-state index in [0.29, 0.717) is 6.54 Å². The second-order valence-corrected chi connectivity index (χ2v) is 5.75. The molecule has 1 rings (SSSR count). The molecule has 1 aromatic rings. The number of hydrogen-bond donors (Lipinski definition) is 0. The Morgan fingerprint density at radius 2 is 2.19 bits per heavy atom. The molecule has 1 heterocycles. The Hall–Kier alpha value is -1.01. The molecule has 0 aliphatic heterocycles. The van der Waals surface area contributed by atoms with Crippen LogP contribution < -0.4 is 0 Å². The van der Waals surface area contributed by atoms with Gasteiger partial charge in [-0.25, -0.2) is 13.2 Å². The number of carbonyl (C=O) groups excluding carboxylic acids is 1. The number of ether oxygens (including phenoxy) is 1. The minimum Gasteiger partial charge on any atom is -0.464 e. The summed E-state index contributed by atoms with van der Waals surface area (Å²) in [6.07, 6.45) is 2.10. The lowest BCUT2D eigenvalue weighted by Crippen LogP contribution is -2.09. The summed E-state index contributed by atoms with van der Waals surface area (Å²) in [5, 5.41) is 0. The van der Waals surface area contributed by atoms with Gasteiger partial charge in [-0.15, -0.1) is 0 Å². The van der Waals surface area contributed by atoms with E-state index in [9.17, 15) is 13.2 Å². The summed E-state index contributed by atoms with van der Waals surface area (Å²) in [6, 6.07) is 1.21. The first kappa shape index (κ1) is 13.1. The maximum absolute atomic E-state index is 11.4. The molecule has 7 heteroatoms. The third-order valence-corrected chi connectivity index (χ3v) is 3.33. The number of carbonyl (C=O) groups is 1. The van der Waals surface area contributed by atoms with Gasteiger partial charge in [0.1, 0.15) is 10.6 Å². The fraction of sp³-hybridized carbons (Fsp3) is 0.444. The number of aryl methyl sites for hydroxylation is 1. The van der Waals surface area contributed by atoms with Gasteiger partial charge in [0.25, 0.3) is 9.05 Å². The van der Waals surface area contributed by atoms with E-state index in [1.165, 1.54) is 23.9 Å². The van der Waals surface area contributed by atoms with E-state index in [-0.39, 0.29) is 10.6 Å². The molecule has 0 saturated carbocycles. The van der Waals surface area contributed by atoms with Crippen LogP contribution in [0.15, 0.2) is 17.2 Å². The summed E-state index contributed by atoms with van der Waals surface area (Å²) < 4.78 is 28.3. The van der Waals surface area contributed by atoms with E-state index < -0.39 is 15.0 Å². The molecule has 0 N–H and O–H groups in total. The van der Waals surface area contributed by atoms with Crippen molar-refractivity contribution in [2.75, 3.05) is 7.11 Å². The molecule has 0 atom stereocenters. The van der Waals surface area contributed by atoms with Gasteiger partial charge in [0, 0.05) is 23.4 Å². The predicted octanol–water partition coefficient (Wildman–Crippen LogP) is 1.61. The average molecular weight is 266 g/mol. The van der Waals surface area contributed by atoms with Gasteiger partial charge in [0.15, 0.2) is 0 Å². The lowest BCUT2D eigenvalue weighted by Gasteiger charge is -2.04. The maximum atomic E-state index is 11.4. The average Bonchev–Trinajstić information content (AvgIpc) is 2.61. The molecule has 90 valence electrons. The van der Waals surface area contributed by atoms with Crippen molar-refractivity contribution in [3.05, 3.63) is 18.0 Å². The summed E-state index contributed by atoms with van der Waals surface area (Å²) in [5.41, 5.74) is 0.184. The Kier molecular flexibility index (Phi) is 3.98. The SMILES string of the molecule is CCCn1cc(S(=O)(=O)Cl)cc1C(=O)OC. The Morgan fingerprint density at radius 3 is 2.62 bits per heavy atom. The monoisotopic (exact) mass is 265 g/mol. The van der Waals surface area contributed by atoms with Gasteiger partial charge in [-0.3, -0.25) is 0 Å². The van der Waals surface area contributed by atoms with Gasteiger partial charge in [-0.1, -0.05) is 6.92 Å². The first-order valence-electron chi connectivity index (χ1n) is 4.63. The van der Waals surface area contributed by atoms with Crippen LogP contribution in [0.25, 0.3) is 0 Å². The molecule has 0 fully saturated rings. The minimum absolute atomic E-state index is 0.0944. The first-order valence-corrected chi connectivity index (χ1v) is 6.94. The Morgan fingerprint density at radius 1 is 1.56 bits per heavy atom. The molecule has 0 aromatic carbocycles.